The van der Waals surface area contributed by atoms with Crippen LogP contribution in [-0.2, 0) is 6.54 Å². The smallest absolute Gasteiger partial charge is 0.347 e. The number of amides is 1. The Kier molecular flexibility index (Phi) is 4.59. The highest BCUT2D eigenvalue weighted by Gasteiger charge is 2.16. The van der Waals surface area contributed by atoms with Gasteiger partial charge in [0.15, 0.2) is 0 Å². The number of carbonyl (C=O) groups excluding carboxylic acids is 1. The van der Waals surface area contributed by atoms with Crippen LogP contribution in [-0.4, -0.2) is 22.0 Å². The van der Waals surface area contributed by atoms with Gasteiger partial charge in [0.25, 0.3) is 5.91 Å². The van der Waals surface area contributed by atoms with Crippen LogP contribution >= 0.6 is 22.9 Å². The molecule has 0 saturated carbocycles. The summed E-state index contributed by atoms with van der Waals surface area (Å²) in [5, 5.41) is 12.6. The largest absolute Gasteiger partial charge is 0.477 e. The molecule has 0 unspecified atom stereocenters. The summed E-state index contributed by atoms with van der Waals surface area (Å²) in [5.41, 5.74) is 1.66. The van der Waals surface area contributed by atoms with Gasteiger partial charge in [0.1, 0.15) is 9.88 Å². The molecule has 110 valence electrons. The molecule has 0 aliphatic heterocycles. The fourth-order valence-corrected chi connectivity index (χ4v) is 2.86. The van der Waals surface area contributed by atoms with Crippen molar-refractivity contribution < 1.29 is 14.7 Å². The predicted molar refractivity (Wildman–Crippen MR) is 81.2 cm³/mol. The number of halogens is 1. The molecule has 0 saturated heterocycles. The summed E-state index contributed by atoms with van der Waals surface area (Å²) in [6.45, 7) is 3.62. The first-order chi connectivity index (χ1) is 9.90. The minimum absolute atomic E-state index is 0.169. The Bertz CT molecular complexity index is 712. The lowest BCUT2D eigenvalue weighted by Gasteiger charge is -2.06. The van der Waals surface area contributed by atoms with Crippen LogP contribution in [0.4, 0.5) is 0 Å². The summed E-state index contributed by atoms with van der Waals surface area (Å²) in [6, 6.07) is 5.22. The van der Waals surface area contributed by atoms with E-state index in [1.807, 2.05) is 13.0 Å². The average molecular weight is 325 g/mol. The fourth-order valence-electron chi connectivity index (χ4n) is 1.80. The summed E-state index contributed by atoms with van der Waals surface area (Å²) in [6.07, 6.45) is 0. The zero-order valence-corrected chi connectivity index (χ0v) is 13.0. The second-order valence-corrected chi connectivity index (χ2v) is 5.91. The summed E-state index contributed by atoms with van der Waals surface area (Å²) >= 11 is 7.14. The van der Waals surface area contributed by atoms with Gasteiger partial charge in [-0.1, -0.05) is 23.7 Å². The van der Waals surface area contributed by atoms with E-state index in [9.17, 15) is 9.59 Å². The Hall–Kier alpha value is -1.92. The number of aromatic carboxylic acids is 1. The molecule has 21 heavy (non-hydrogen) atoms. The first kappa shape index (κ1) is 15.5. The number of aromatic nitrogens is 1. The van der Waals surface area contributed by atoms with Gasteiger partial charge in [-0.05, 0) is 25.5 Å². The van der Waals surface area contributed by atoms with E-state index in [2.05, 4.69) is 10.3 Å². The minimum Gasteiger partial charge on any atom is -0.477 e. The Balaban J connectivity index is 2.09. The molecule has 0 fully saturated rings. The molecule has 0 bridgehead atoms. The van der Waals surface area contributed by atoms with Crippen LogP contribution < -0.4 is 5.32 Å². The minimum atomic E-state index is -1.01. The van der Waals surface area contributed by atoms with Crippen molar-refractivity contribution in [2.75, 3.05) is 0 Å². The zero-order chi connectivity index (χ0) is 15.6. The number of thiazole rings is 1. The number of nitrogens with zero attached hydrogens (tertiary/aromatic N) is 1. The van der Waals surface area contributed by atoms with Gasteiger partial charge >= 0.3 is 5.97 Å². The summed E-state index contributed by atoms with van der Waals surface area (Å²) < 4.78 is 0. The van der Waals surface area contributed by atoms with Crippen LogP contribution in [0.1, 0.15) is 36.3 Å². The molecule has 1 aromatic heterocycles. The van der Waals surface area contributed by atoms with Gasteiger partial charge in [-0.2, -0.15) is 0 Å². The standard InChI is InChI=1S/C14H13ClN2O3S/c1-7-4-3-5-9(11(7)15)13(18)16-6-10-17-8(2)12(21-10)14(19)20/h3-5H,6H2,1-2H3,(H,16,18)(H,19,20). The molecule has 0 aliphatic rings. The van der Waals surface area contributed by atoms with Crippen molar-refractivity contribution >= 4 is 34.8 Å². The Morgan fingerprint density at radius 3 is 2.71 bits per heavy atom. The van der Waals surface area contributed by atoms with Crippen LogP contribution in [0, 0.1) is 13.8 Å². The fraction of sp³-hybridized carbons (Fsp3) is 0.214. The number of rotatable bonds is 4. The number of carboxylic acid groups (broad SMARTS) is 1. The van der Waals surface area contributed by atoms with E-state index in [-0.39, 0.29) is 17.3 Å². The van der Waals surface area contributed by atoms with Gasteiger partial charge < -0.3 is 10.4 Å². The third-order valence-corrected chi connectivity index (χ3v) is 4.52. The van der Waals surface area contributed by atoms with Crippen molar-refractivity contribution in [2.24, 2.45) is 0 Å². The van der Waals surface area contributed by atoms with E-state index in [4.69, 9.17) is 16.7 Å². The number of nitrogens with one attached hydrogen (secondary N) is 1. The highest BCUT2D eigenvalue weighted by Crippen LogP contribution is 2.21. The second kappa shape index (κ2) is 6.24. The number of carbonyl (C=O) groups is 2. The molecule has 7 heteroatoms. The molecular weight excluding hydrogens is 312 g/mol. The van der Waals surface area contributed by atoms with E-state index < -0.39 is 5.97 Å². The van der Waals surface area contributed by atoms with Crippen molar-refractivity contribution in [3.63, 3.8) is 0 Å². The molecule has 1 amide bonds. The maximum atomic E-state index is 12.1. The normalized spacial score (nSPS) is 10.4. The molecule has 2 N–H and O–H groups in total. The van der Waals surface area contributed by atoms with Crippen LogP contribution in [0.3, 0.4) is 0 Å². The molecule has 0 atom stereocenters. The molecule has 1 heterocycles. The maximum Gasteiger partial charge on any atom is 0.347 e. The van der Waals surface area contributed by atoms with Gasteiger partial charge in [0, 0.05) is 0 Å². The van der Waals surface area contributed by atoms with E-state index >= 15 is 0 Å². The molecule has 0 aliphatic carbocycles. The van der Waals surface area contributed by atoms with Gasteiger partial charge in [-0.25, -0.2) is 9.78 Å². The van der Waals surface area contributed by atoms with Crippen LogP contribution in [0.2, 0.25) is 5.02 Å². The van der Waals surface area contributed by atoms with Gasteiger partial charge in [0.05, 0.1) is 22.8 Å². The van der Waals surface area contributed by atoms with Crippen LogP contribution in [0.5, 0.6) is 0 Å². The van der Waals surface area contributed by atoms with Crippen molar-refractivity contribution in [2.45, 2.75) is 20.4 Å². The summed E-state index contributed by atoms with van der Waals surface area (Å²) in [5.74, 6) is -1.32. The monoisotopic (exact) mass is 324 g/mol. The van der Waals surface area contributed by atoms with Crippen molar-refractivity contribution in [1.82, 2.24) is 10.3 Å². The highest BCUT2D eigenvalue weighted by atomic mass is 35.5. The first-order valence-corrected chi connectivity index (χ1v) is 7.32. The van der Waals surface area contributed by atoms with Gasteiger partial charge in [-0.3, -0.25) is 4.79 Å². The lowest BCUT2D eigenvalue weighted by Crippen LogP contribution is -2.23. The van der Waals surface area contributed by atoms with E-state index in [0.29, 0.717) is 21.3 Å². The summed E-state index contributed by atoms with van der Waals surface area (Å²) in [4.78, 5) is 27.3. The van der Waals surface area contributed by atoms with Crippen LogP contribution in [0.25, 0.3) is 0 Å². The van der Waals surface area contributed by atoms with E-state index in [1.54, 1.807) is 19.1 Å². The van der Waals surface area contributed by atoms with Crippen LogP contribution in [0.15, 0.2) is 18.2 Å². The SMILES string of the molecule is Cc1cccc(C(=O)NCc2nc(C)c(C(=O)O)s2)c1Cl. The zero-order valence-electron chi connectivity index (χ0n) is 11.4. The topological polar surface area (TPSA) is 79.3 Å². The third kappa shape index (κ3) is 3.40. The predicted octanol–water partition coefficient (Wildman–Crippen LogP) is 3.04. The Morgan fingerprint density at radius 2 is 2.10 bits per heavy atom. The number of aryl methyl sites for hydroxylation is 2. The maximum absolute atomic E-state index is 12.1. The lowest BCUT2D eigenvalue weighted by atomic mass is 10.1. The third-order valence-electron chi connectivity index (χ3n) is 2.87. The van der Waals surface area contributed by atoms with Crippen molar-refractivity contribution in [3.05, 3.63) is 49.9 Å². The molecule has 1 aromatic carbocycles. The average Bonchev–Trinajstić information content (AvgIpc) is 2.80. The first-order valence-electron chi connectivity index (χ1n) is 6.13. The number of benzene rings is 1. The van der Waals surface area contributed by atoms with Gasteiger partial charge in [-0.15, -0.1) is 11.3 Å². The summed E-state index contributed by atoms with van der Waals surface area (Å²) in [7, 11) is 0. The Morgan fingerprint density at radius 1 is 1.38 bits per heavy atom. The lowest BCUT2D eigenvalue weighted by molar-refractivity contribution is 0.0701. The quantitative estimate of drug-likeness (QED) is 0.906. The van der Waals surface area contributed by atoms with E-state index in [1.165, 1.54) is 0 Å². The molecular formula is C14H13ClN2O3S. The van der Waals surface area contributed by atoms with E-state index in [0.717, 1.165) is 16.9 Å². The molecule has 5 nitrogen and oxygen atoms in total. The molecule has 0 spiro atoms. The molecule has 0 radical (unpaired) electrons. The number of hydrogen-bond acceptors (Lipinski definition) is 4. The number of hydrogen-bond donors (Lipinski definition) is 2. The van der Waals surface area contributed by atoms with Gasteiger partial charge in [0.2, 0.25) is 0 Å². The van der Waals surface area contributed by atoms with Crippen molar-refractivity contribution in [3.8, 4) is 0 Å². The Labute approximate surface area is 130 Å². The second-order valence-electron chi connectivity index (χ2n) is 4.45. The highest BCUT2D eigenvalue weighted by molar-refractivity contribution is 7.13. The number of carboxylic acids is 1. The molecule has 2 rings (SSSR count). The molecule has 2 aromatic rings. The van der Waals surface area contributed by atoms with Crippen molar-refractivity contribution in [1.29, 1.82) is 0 Å².